The highest BCUT2D eigenvalue weighted by atomic mass is 79.9. The van der Waals surface area contributed by atoms with Crippen LogP contribution in [0, 0.1) is 20.8 Å². The highest BCUT2D eigenvalue weighted by molar-refractivity contribution is 9.10. The fraction of sp³-hybridized carbons (Fsp3) is 0.333. The van der Waals surface area contributed by atoms with Crippen LogP contribution in [-0.4, -0.2) is 44.3 Å². The highest BCUT2D eigenvalue weighted by Crippen LogP contribution is 2.29. The fourth-order valence-corrected chi connectivity index (χ4v) is 6.07. The third-order valence-electron chi connectivity index (χ3n) is 6.48. The molecule has 1 N–H and O–H groups in total. The largest absolute Gasteiger partial charge is 0.354 e. The van der Waals surface area contributed by atoms with E-state index in [-0.39, 0.29) is 17.3 Å². The van der Waals surface area contributed by atoms with Gasteiger partial charge in [-0.15, -0.1) is 0 Å². The lowest BCUT2D eigenvalue weighted by molar-refractivity contribution is -0.139. The molecule has 3 aromatic rings. The smallest absolute Gasteiger partial charge is 0.264 e. The SMILES string of the molecule is CCCNC(=O)[C@H](C)N(Cc1cccc(Br)c1)C(=O)CN(c1cc(C)ccc1C)S(=O)(=O)c1ccc(C)cc1. The minimum Gasteiger partial charge on any atom is -0.354 e. The lowest BCUT2D eigenvalue weighted by Crippen LogP contribution is -2.51. The van der Waals surface area contributed by atoms with Crippen LogP contribution in [0.5, 0.6) is 0 Å². The first-order valence-corrected chi connectivity index (χ1v) is 15.2. The van der Waals surface area contributed by atoms with E-state index in [9.17, 15) is 18.0 Å². The molecule has 9 heteroatoms. The summed E-state index contributed by atoms with van der Waals surface area (Å²) >= 11 is 3.46. The number of hydrogen-bond donors (Lipinski definition) is 1. The number of sulfonamides is 1. The van der Waals surface area contributed by atoms with Crippen LogP contribution >= 0.6 is 15.9 Å². The first-order chi connectivity index (χ1) is 18.4. The number of aryl methyl sites for hydroxylation is 3. The summed E-state index contributed by atoms with van der Waals surface area (Å²) in [6.45, 7) is 9.36. The maximum absolute atomic E-state index is 14.0. The van der Waals surface area contributed by atoms with Gasteiger partial charge in [-0.3, -0.25) is 13.9 Å². The second-order valence-corrected chi connectivity index (χ2v) is 12.5. The van der Waals surface area contributed by atoms with Crippen molar-refractivity contribution >= 4 is 43.5 Å². The van der Waals surface area contributed by atoms with E-state index in [1.165, 1.54) is 4.90 Å². The number of nitrogens with one attached hydrogen (secondary N) is 1. The van der Waals surface area contributed by atoms with Crippen molar-refractivity contribution in [3.05, 3.63) is 93.5 Å². The van der Waals surface area contributed by atoms with Crippen molar-refractivity contribution in [1.29, 1.82) is 0 Å². The number of nitrogens with zero attached hydrogens (tertiary/aromatic N) is 2. The van der Waals surface area contributed by atoms with Crippen LogP contribution in [0.25, 0.3) is 0 Å². The summed E-state index contributed by atoms with van der Waals surface area (Å²) in [6, 6.07) is 18.7. The molecule has 3 aromatic carbocycles. The van der Waals surface area contributed by atoms with Gasteiger partial charge in [0.15, 0.2) is 0 Å². The van der Waals surface area contributed by atoms with E-state index in [1.807, 2.05) is 64.1 Å². The highest BCUT2D eigenvalue weighted by Gasteiger charge is 2.33. The first kappa shape index (κ1) is 30.4. The Kier molecular flexibility index (Phi) is 10.3. The Morgan fingerprint density at radius 1 is 0.949 bits per heavy atom. The lowest BCUT2D eigenvalue weighted by Gasteiger charge is -2.32. The number of anilines is 1. The summed E-state index contributed by atoms with van der Waals surface area (Å²) in [6.07, 6.45) is 0.757. The molecule has 0 aliphatic carbocycles. The van der Waals surface area contributed by atoms with Gasteiger partial charge in [0.2, 0.25) is 11.8 Å². The van der Waals surface area contributed by atoms with E-state index in [0.29, 0.717) is 12.2 Å². The van der Waals surface area contributed by atoms with Crippen LogP contribution in [0.15, 0.2) is 76.1 Å². The van der Waals surface area contributed by atoms with Gasteiger partial charge in [-0.1, -0.05) is 64.8 Å². The number of carbonyl (C=O) groups excluding carboxylic acids is 2. The van der Waals surface area contributed by atoms with Gasteiger partial charge in [0, 0.05) is 17.6 Å². The molecule has 3 rings (SSSR count). The minimum atomic E-state index is -4.10. The van der Waals surface area contributed by atoms with Crippen LogP contribution in [0.1, 0.15) is 42.5 Å². The second-order valence-electron chi connectivity index (χ2n) is 9.73. The number of benzene rings is 3. The molecule has 2 amide bonds. The minimum absolute atomic E-state index is 0.0917. The van der Waals surface area contributed by atoms with Crippen molar-refractivity contribution in [1.82, 2.24) is 10.2 Å². The quantitative estimate of drug-likeness (QED) is 0.309. The molecule has 0 saturated carbocycles. The number of rotatable bonds is 11. The van der Waals surface area contributed by atoms with Crippen LogP contribution in [0.2, 0.25) is 0 Å². The summed E-state index contributed by atoms with van der Waals surface area (Å²) in [5.41, 5.74) is 3.75. The average Bonchev–Trinajstić information content (AvgIpc) is 2.90. The Labute approximate surface area is 240 Å². The maximum atomic E-state index is 14.0. The van der Waals surface area contributed by atoms with Crippen LogP contribution in [0.3, 0.4) is 0 Å². The predicted molar refractivity (Wildman–Crippen MR) is 159 cm³/mol. The van der Waals surface area contributed by atoms with E-state index in [2.05, 4.69) is 21.2 Å². The van der Waals surface area contributed by atoms with E-state index in [0.717, 1.165) is 37.5 Å². The zero-order chi connectivity index (χ0) is 28.7. The molecule has 7 nitrogen and oxygen atoms in total. The van der Waals surface area contributed by atoms with Crippen molar-refractivity contribution < 1.29 is 18.0 Å². The Morgan fingerprint density at radius 2 is 1.62 bits per heavy atom. The Morgan fingerprint density at radius 3 is 2.26 bits per heavy atom. The maximum Gasteiger partial charge on any atom is 0.264 e. The normalized spacial score (nSPS) is 12.1. The zero-order valence-electron chi connectivity index (χ0n) is 23.1. The Balaban J connectivity index is 2.06. The molecule has 0 heterocycles. The Hall–Kier alpha value is -3.17. The summed E-state index contributed by atoms with van der Waals surface area (Å²) in [7, 11) is -4.10. The van der Waals surface area contributed by atoms with E-state index in [4.69, 9.17) is 0 Å². The number of carbonyl (C=O) groups is 2. The molecule has 0 aliphatic heterocycles. The standard InChI is InChI=1S/C30H36BrN3O4S/c1-6-16-32-30(36)24(5)33(19-25-8-7-9-26(31)18-25)29(35)20-34(28-17-22(3)10-13-23(28)4)39(37,38)27-14-11-21(2)12-15-27/h7-15,17-18,24H,6,16,19-20H2,1-5H3,(H,32,36)/t24-/m0/s1. The number of amides is 2. The van der Waals surface area contributed by atoms with E-state index < -0.39 is 28.5 Å². The van der Waals surface area contributed by atoms with Gasteiger partial charge in [0.05, 0.1) is 10.6 Å². The van der Waals surface area contributed by atoms with Gasteiger partial charge in [-0.2, -0.15) is 0 Å². The second kappa shape index (κ2) is 13.3. The summed E-state index contributed by atoms with van der Waals surface area (Å²) in [5.74, 6) is -0.773. The van der Waals surface area contributed by atoms with Gasteiger partial charge < -0.3 is 10.2 Å². The van der Waals surface area contributed by atoms with Crippen molar-refractivity contribution in [2.75, 3.05) is 17.4 Å². The molecule has 0 bridgehead atoms. The van der Waals surface area contributed by atoms with Crippen molar-refractivity contribution in [3.63, 3.8) is 0 Å². The van der Waals surface area contributed by atoms with Gasteiger partial charge in [-0.05, 0) is 81.1 Å². The number of hydrogen-bond acceptors (Lipinski definition) is 4. The first-order valence-electron chi connectivity index (χ1n) is 12.9. The molecular formula is C30H36BrN3O4S. The van der Waals surface area contributed by atoms with Crippen LogP contribution < -0.4 is 9.62 Å². The molecule has 0 aromatic heterocycles. The van der Waals surface area contributed by atoms with Crippen molar-refractivity contribution in [3.8, 4) is 0 Å². The Bertz CT molecular complexity index is 1420. The molecule has 0 aliphatic rings. The zero-order valence-corrected chi connectivity index (χ0v) is 25.5. The molecule has 0 spiro atoms. The topological polar surface area (TPSA) is 86.8 Å². The van der Waals surface area contributed by atoms with Crippen molar-refractivity contribution in [2.24, 2.45) is 0 Å². The summed E-state index contributed by atoms with van der Waals surface area (Å²) < 4.78 is 30.0. The van der Waals surface area contributed by atoms with Gasteiger partial charge in [-0.25, -0.2) is 8.42 Å². The van der Waals surface area contributed by atoms with E-state index >= 15 is 0 Å². The monoisotopic (exact) mass is 613 g/mol. The molecule has 0 fully saturated rings. The third-order valence-corrected chi connectivity index (χ3v) is 8.75. The van der Waals surface area contributed by atoms with Gasteiger partial charge in [0.1, 0.15) is 12.6 Å². The molecule has 1 atom stereocenters. The average molecular weight is 615 g/mol. The van der Waals surface area contributed by atoms with E-state index in [1.54, 1.807) is 37.3 Å². The molecule has 208 valence electrons. The predicted octanol–water partition coefficient (Wildman–Crippen LogP) is 5.51. The van der Waals surface area contributed by atoms with Crippen LogP contribution in [0.4, 0.5) is 5.69 Å². The molecule has 0 saturated heterocycles. The van der Waals surface area contributed by atoms with Gasteiger partial charge in [0.25, 0.3) is 10.0 Å². The molecular weight excluding hydrogens is 578 g/mol. The fourth-order valence-electron chi connectivity index (χ4n) is 4.15. The summed E-state index contributed by atoms with van der Waals surface area (Å²) in [4.78, 5) is 28.5. The number of halogens is 1. The summed E-state index contributed by atoms with van der Waals surface area (Å²) in [5, 5.41) is 2.85. The van der Waals surface area contributed by atoms with Crippen molar-refractivity contribution in [2.45, 2.75) is 58.5 Å². The molecule has 39 heavy (non-hydrogen) atoms. The lowest BCUT2D eigenvalue weighted by atomic mass is 10.1. The van der Waals surface area contributed by atoms with Crippen LogP contribution in [-0.2, 0) is 26.2 Å². The molecule has 0 radical (unpaired) electrons. The van der Waals surface area contributed by atoms with Gasteiger partial charge >= 0.3 is 0 Å². The molecule has 0 unspecified atom stereocenters. The third kappa shape index (κ3) is 7.70.